The summed E-state index contributed by atoms with van der Waals surface area (Å²) in [6, 6.07) is 26.9. The number of carbonyl (C=O) groups excluding carboxylic acids is 1. The Hall–Kier alpha value is -4.97. The van der Waals surface area contributed by atoms with Gasteiger partial charge in [-0.25, -0.2) is 4.79 Å². The topological polar surface area (TPSA) is 132 Å². The highest BCUT2D eigenvalue weighted by Gasteiger charge is 2.19. The fraction of sp³-hybridized carbons (Fsp3) is 0.182. The predicted octanol–water partition coefficient (Wildman–Crippen LogP) is 5.21. The van der Waals surface area contributed by atoms with Crippen molar-refractivity contribution < 1.29 is 24.5 Å². The minimum absolute atomic E-state index is 0.0394. The summed E-state index contributed by atoms with van der Waals surface area (Å²) in [6.45, 7) is 3.96. The number of hydrogen-bond donors (Lipinski definition) is 4. The van der Waals surface area contributed by atoms with Gasteiger partial charge in [0, 0.05) is 30.4 Å². The number of ether oxygens (including phenoxy) is 1. The molecule has 4 aromatic carbocycles. The number of esters is 1. The van der Waals surface area contributed by atoms with E-state index in [0.29, 0.717) is 17.7 Å². The molecule has 0 saturated carbocycles. The summed E-state index contributed by atoms with van der Waals surface area (Å²) in [5.41, 5.74) is 7.22. The van der Waals surface area contributed by atoms with Gasteiger partial charge in [-0.15, -0.1) is 0 Å². The fourth-order valence-corrected chi connectivity index (χ4v) is 4.50. The minimum atomic E-state index is -1.19. The smallest absolute Gasteiger partial charge is 0.343 e. The van der Waals surface area contributed by atoms with E-state index in [1.807, 2.05) is 43.3 Å². The fourth-order valence-electron chi connectivity index (χ4n) is 4.50. The van der Waals surface area contributed by atoms with Gasteiger partial charge in [0.1, 0.15) is 11.8 Å². The maximum absolute atomic E-state index is 13.0. The summed E-state index contributed by atoms with van der Waals surface area (Å²) < 4.78 is 5.77. The standard InChI is InChI=1S/C33H31N3O5/c1-21-14-27(19-36-30(20-37)32(38)39)31(41-33(40)25-11-6-8-23(15-25)17-34)16-29(21)35-18-26-12-7-13-28(22(26)2)24-9-4-3-5-10-24/h3-16,30,35-37H,18-20H2,1-2H3,(H,38,39)/t30-/m1/s1. The molecule has 0 unspecified atom stereocenters. The third-order valence-corrected chi connectivity index (χ3v) is 6.86. The maximum Gasteiger partial charge on any atom is 0.343 e. The molecule has 0 heterocycles. The molecule has 41 heavy (non-hydrogen) atoms. The first-order valence-corrected chi connectivity index (χ1v) is 13.1. The number of carboxylic acid groups (broad SMARTS) is 1. The number of aryl methyl sites for hydroxylation is 1. The van der Waals surface area contributed by atoms with Crippen LogP contribution in [0.4, 0.5) is 5.69 Å². The second kappa shape index (κ2) is 13.4. The molecular formula is C33H31N3O5. The zero-order chi connectivity index (χ0) is 29.4. The Morgan fingerprint density at radius 3 is 2.39 bits per heavy atom. The van der Waals surface area contributed by atoms with Crippen molar-refractivity contribution in [3.8, 4) is 22.9 Å². The van der Waals surface area contributed by atoms with Crippen LogP contribution in [0.15, 0.2) is 84.9 Å². The molecule has 8 nitrogen and oxygen atoms in total. The first kappa shape index (κ1) is 29.0. The van der Waals surface area contributed by atoms with Gasteiger partial charge in [-0.2, -0.15) is 5.26 Å². The maximum atomic E-state index is 13.0. The lowest BCUT2D eigenvalue weighted by molar-refractivity contribution is -0.140. The number of carbonyl (C=O) groups is 2. The van der Waals surface area contributed by atoms with Crippen LogP contribution in [-0.4, -0.2) is 34.8 Å². The van der Waals surface area contributed by atoms with Gasteiger partial charge in [-0.05, 0) is 65.9 Å². The van der Waals surface area contributed by atoms with E-state index in [-0.39, 0.29) is 17.9 Å². The number of benzene rings is 4. The van der Waals surface area contributed by atoms with Crippen LogP contribution in [0.25, 0.3) is 11.1 Å². The van der Waals surface area contributed by atoms with E-state index in [1.54, 1.807) is 24.3 Å². The van der Waals surface area contributed by atoms with Crippen molar-refractivity contribution in [2.75, 3.05) is 11.9 Å². The van der Waals surface area contributed by atoms with E-state index in [9.17, 15) is 25.1 Å². The largest absolute Gasteiger partial charge is 0.480 e. The van der Waals surface area contributed by atoms with Crippen molar-refractivity contribution in [1.82, 2.24) is 5.32 Å². The molecule has 0 fully saturated rings. The number of carboxylic acids is 1. The van der Waals surface area contributed by atoms with Gasteiger partial charge in [0.25, 0.3) is 0 Å². The van der Waals surface area contributed by atoms with Gasteiger partial charge >= 0.3 is 11.9 Å². The van der Waals surface area contributed by atoms with E-state index in [0.717, 1.165) is 33.5 Å². The zero-order valence-corrected chi connectivity index (χ0v) is 22.8. The van der Waals surface area contributed by atoms with Gasteiger partial charge < -0.3 is 20.3 Å². The monoisotopic (exact) mass is 549 g/mol. The van der Waals surface area contributed by atoms with Crippen molar-refractivity contribution >= 4 is 17.6 Å². The molecule has 0 bridgehead atoms. The lowest BCUT2D eigenvalue weighted by atomic mass is 9.96. The summed E-state index contributed by atoms with van der Waals surface area (Å²) in [4.78, 5) is 24.4. The Kier molecular flexibility index (Phi) is 9.48. The molecule has 0 radical (unpaired) electrons. The Bertz CT molecular complexity index is 1590. The molecule has 4 rings (SSSR count). The molecule has 0 aromatic heterocycles. The Balaban J connectivity index is 1.62. The second-order valence-electron chi connectivity index (χ2n) is 9.62. The van der Waals surface area contributed by atoms with Crippen LogP contribution in [0.3, 0.4) is 0 Å². The van der Waals surface area contributed by atoms with Crippen LogP contribution in [-0.2, 0) is 17.9 Å². The number of aliphatic hydroxyl groups is 1. The molecule has 208 valence electrons. The number of aliphatic carboxylic acids is 1. The van der Waals surface area contributed by atoms with Crippen molar-refractivity contribution in [3.63, 3.8) is 0 Å². The van der Waals surface area contributed by atoms with Crippen molar-refractivity contribution in [2.45, 2.75) is 33.0 Å². The third-order valence-electron chi connectivity index (χ3n) is 6.86. The summed E-state index contributed by atoms with van der Waals surface area (Å²) in [5, 5.41) is 34.2. The molecule has 1 atom stereocenters. The number of aliphatic hydroxyl groups excluding tert-OH is 1. The van der Waals surface area contributed by atoms with Crippen LogP contribution >= 0.6 is 0 Å². The van der Waals surface area contributed by atoms with Crippen LogP contribution in [0.1, 0.15) is 38.2 Å². The zero-order valence-electron chi connectivity index (χ0n) is 22.8. The molecule has 0 aliphatic rings. The number of rotatable bonds is 11. The van der Waals surface area contributed by atoms with Crippen LogP contribution in [0, 0.1) is 25.2 Å². The first-order chi connectivity index (χ1) is 19.8. The van der Waals surface area contributed by atoms with E-state index >= 15 is 0 Å². The SMILES string of the molecule is Cc1cc(CN[C@H](CO)C(=O)O)c(OC(=O)c2cccc(C#N)c2)cc1NCc1cccc(-c2ccccc2)c1C. The molecule has 0 spiro atoms. The van der Waals surface area contributed by atoms with Crippen LogP contribution in [0.2, 0.25) is 0 Å². The lowest BCUT2D eigenvalue weighted by Gasteiger charge is -2.19. The third kappa shape index (κ3) is 7.17. The summed E-state index contributed by atoms with van der Waals surface area (Å²) in [6.07, 6.45) is 0. The average Bonchev–Trinajstić information content (AvgIpc) is 2.98. The summed E-state index contributed by atoms with van der Waals surface area (Å²) in [7, 11) is 0. The predicted molar refractivity (Wildman–Crippen MR) is 157 cm³/mol. The van der Waals surface area contributed by atoms with Gasteiger partial charge in [0.2, 0.25) is 0 Å². The minimum Gasteiger partial charge on any atom is -0.480 e. The first-order valence-electron chi connectivity index (χ1n) is 13.1. The Morgan fingerprint density at radius 1 is 0.927 bits per heavy atom. The van der Waals surface area contributed by atoms with Crippen molar-refractivity contribution in [3.05, 3.63) is 118 Å². The summed E-state index contributed by atoms with van der Waals surface area (Å²) >= 11 is 0. The Labute approximate surface area is 238 Å². The van der Waals surface area contributed by atoms with E-state index in [2.05, 4.69) is 41.8 Å². The van der Waals surface area contributed by atoms with Crippen molar-refractivity contribution in [1.29, 1.82) is 5.26 Å². The number of nitriles is 1. The second-order valence-corrected chi connectivity index (χ2v) is 9.62. The highest BCUT2D eigenvalue weighted by molar-refractivity contribution is 5.91. The molecule has 8 heteroatoms. The molecule has 0 saturated heterocycles. The van der Waals surface area contributed by atoms with Crippen LogP contribution < -0.4 is 15.4 Å². The highest BCUT2D eigenvalue weighted by Crippen LogP contribution is 2.30. The molecule has 4 aromatic rings. The van der Waals surface area contributed by atoms with E-state index in [4.69, 9.17) is 4.74 Å². The molecule has 0 aliphatic heterocycles. The number of anilines is 1. The lowest BCUT2D eigenvalue weighted by Crippen LogP contribution is -2.39. The number of nitrogens with zero attached hydrogens (tertiary/aromatic N) is 1. The van der Waals surface area contributed by atoms with Crippen LogP contribution in [0.5, 0.6) is 5.75 Å². The normalized spacial score (nSPS) is 11.4. The molecule has 0 aliphatic carbocycles. The summed E-state index contributed by atoms with van der Waals surface area (Å²) in [5.74, 6) is -1.61. The van der Waals surface area contributed by atoms with Gasteiger partial charge in [-0.1, -0.05) is 54.6 Å². The number of hydrogen-bond acceptors (Lipinski definition) is 7. The van der Waals surface area contributed by atoms with Gasteiger partial charge in [0.05, 0.1) is 23.8 Å². The van der Waals surface area contributed by atoms with Gasteiger partial charge in [0.15, 0.2) is 0 Å². The van der Waals surface area contributed by atoms with E-state index in [1.165, 1.54) is 6.07 Å². The highest BCUT2D eigenvalue weighted by atomic mass is 16.5. The molecule has 0 amide bonds. The van der Waals surface area contributed by atoms with Crippen molar-refractivity contribution in [2.24, 2.45) is 0 Å². The molecule has 4 N–H and O–H groups in total. The average molecular weight is 550 g/mol. The van der Waals surface area contributed by atoms with Gasteiger partial charge in [-0.3, -0.25) is 10.1 Å². The van der Waals surface area contributed by atoms with E-state index < -0.39 is 24.6 Å². The Morgan fingerprint density at radius 2 is 1.68 bits per heavy atom. The number of nitrogens with one attached hydrogen (secondary N) is 2. The molecular weight excluding hydrogens is 518 g/mol. The quantitative estimate of drug-likeness (QED) is 0.148.